The Bertz CT molecular complexity index is 385. The van der Waals surface area contributed by atoms with Gasteiger partial charge >= 0.3 is 0 Å². The Morgan fingerprint density at radius 1 is 1.56 bits per heavy atom. The molecule has 0 atom stereocenters. The van der Waals surface area contributed by atoms with Crippen molar-refractivity contribution in [2.24, 2.45) is 0 Å². The van der Waals surface area contributed by atoms with E-state index in [1.165, 1.54) is 0 Å². The van der Waals surface area contributed by atoms with Gasteiger partial charge in [-0.05, 0) is 38.9 Å². The Morgan fingerprint density at radius 2 is 2.33 bits per heavy atom. The zero-order valence-electron chi connectivity index (χ0n) is 10.7. The summed E-state index contributed by atoms with van der Waals surface area (Å²) in [6.07, 6.45) is 2.43. The van der Waals surface area contributed by atoms with E-state index in [2.05, 4.69) is 20.8 Å². The lowest BCUT2D eigenvalue weighted by Gasteiger charge is -2.22. The van der Waals surface area contributed by atoms with Crippen LogP contribution in [0.3, 0.4) is 0 Å². The molecule has 6 nitrogen and oxygen atoms in total. The Labute approximate surface area is 106 Å². The smallest absolute Gasteiger partial charge is 0.271 e. The summed E-state index contributed by atoms with van der Waals surface area (Å²) in [4.78, 5) is 11.6. The fourth-order valence-electron chi connectivity index (χ4n) is 1.98. The molecule has 0 bridgehead atoms. The lowest BCUT2D eigenvalue weighted by molar-refractivity contribution is 0.0343. The summed E-state index contributed by atoms with van der Waals surface area (Å²) in [7, 11) is 0. The lowest BCUT2D eigenvalue weighted by atomic mass is 10.1. The first-order valence-electron chi connectivity index (χ1n) is 6.38. The molecule has 1 amide bonds. The van der Waals surface area contributed by atoms with Gasteiger partial charge in [0, 0.05) is 12.2 Å². The molecule has 0 aliphatic carbocycles. The lowest BCUT2D eigenvalue weighted by Crippen LogP contribution is -2.34. The van der Waals surface area contributed by atoms with Crippen LogP contribution in [0.1, 0.15) is 29.0 Å². The van der Waals surface area contributed by atoms with Crippen LogP contribution in [0.5, 0.6) is 0 Å². The topological polar surface area (TPSA) is 79.0 Å². The van der Waals surface area contributed by atoms with Crippen molar-refractivity contribution in [3.8, 4) is 0 Å². The van der Waals surface area contributed by atoms with Crippen molar-refractivity contribution >= 4 is 5.91 Å². The van der Waals surface area contributed by atoms with Crippen LogP contribution in [0, 0.1) is 6.92 Å². The number of nitrogens with zero attached hydrogens (tertiary/aromatic N) is 1. The van der Waals surface area contributed by atoms with Crippen LogP contribution in [-0.4, -0.2) is 48.4 Å². The molecule has 1 aromatic heterocycles. The summed E-state index contributed by atoms with van der Waals surface area (Å²) < 4.78 is 5.69. The van der Waals surface area contributed by atoms with Gasteiger partial charge in [0.15, 0.2) is 0 Å². The molecule has 2 heterocycles. The number of aromatic amines is 1. The van der Waals surface area contributed by atoms with Crippen LogP contribution in [0.4, 0.5) is 0 Å². The third-order valence-electron chi connectivity index (χ3n) is 2.97. The number of rotatable bonds is 5. The standard InChI is InChI=1S/C12H20N4O2/c1-9-8-11(16-15-9)12(17)14-6-7-18-10-2-4-13-5-3-10/h8,10,13H,2-7H2,1H3,(H,14,17)(H,15,16). The summed E-state index contributed by atoms with van der Waals surface area (Å²) in [5.41, 5.74) is 1.31. The van der Waals surface area contributed by atoms with Crippen molar-refractivity contribution < 1.29 is 9.53 Å². The Kier molecular flexibility index (Phi) is 4.72. The number of nitrogens with one attached hydrogen (secondary N) is 3. The molecule has 6 heteroatoms. The molecule has 1 fully saturated rings. The minimum Gasteiger partial charge on any atom is -0.376 e. The molecule has 0 aromatic carbocycles. The van der Waals surface area contributed by atoms with Gasteiger partial charge < -0.3 is 15.4 Å². The molecule has 3 N–H and O–H groups in total. The van der Waals surface area contributed by atoms with Crippen molar-refractivity contribution in [1.29, 1.82) is 0 Å². The third kappa shape index (κ3) is 3.82. The predicted molar refractivity (Wildman–Crippen MR) is 67.5 cm³/mol. The minimum absolute atomic E-state index is 0.159. The van der Waals surface area contributed by atoms with E-state index in [9.17, 15) is 4.79 Å². The van der Waals surface area contributed by atoms with E-state index in [1.54, 1.807) is 6.07 Å². The van der Waals surface area contributed by atoms with Gasteiger partial charge in [-0.1, -0.05) is 0 Å². The van der Waals surface area contributed by atoms with Gasteiger partial charge in [-0.2, -0.15) is 5.10 Å². The highest BCUT2D eigenvalue weighted by Crippen LogP contribution is 2.06. The van der Waals surface area contributed by atoms with E-state index in [4.69, 9.17) is 4.74 Å². The van der Waals surface area contributed by atoms with Gasteiger partial charge in [-0.3, -0.25) is 9.89 Å². The molecule has 0 spiro atoms. The summed E-state index contributed by atoms with van der Waals surface area (Å²) in [6, 6.07) is 1.73. The fraction of sp³-hybridized carbons (Fsp3) is 0.667. The van der Waals surface area contributed by atoms with Crippen molar-refractivity contribution in [2.45, 2.75) is 25.9 Å². The summed E-state index contributed by atoms with van der Waals surface area (Å²) >= 11 is 0. The van der Waals surface area contributed by atoms with Crippen molar-refractivity contribution in [1.82, 2.24) is 20.8 Å². The third-order valence-corrected chi connectivity index (χ3v) is 2.97. The Hall–Kier alpha value is -1.40. The van der Waals surface area contributed by atoms with E-state index in [-0.39, 0.29) is 5.91 Å². The second kappa shape index (κ2) is 6.51. The second-order valence-corrected chi connectivity index (χ2v) is 4.51. The number of hydrogen-bond acceptors (Lipinski definition) is 4. The van der Waals surface area contributed by atoms with Crippen LogP contribution >= 0.6 is 0 Å². The number of carbonyl (C=O) groups is 1. The highest BCUT2D eigenvalue weighted by atomic mass is 16.5. The first-order chi connectivity index (χ1) is 8.75. The number of amides is 1. The molecule has 1 aromatic rings. The number of piperidine rings is 1. The van der Waals surface area contributed by atoms with Crippen LogP contribution in [-0.2, 0) is 4.74 Å². The second-order valence-electron chi connectivity index (χ2n) is 4.51. The van der Waals surface area contributed by atoms with Crippen LogP contribution in [0.15, 0.2) is 6.07 Å². The molecule has 0 saturated carbocycles. The van der Waals surface area contributed by atoms with Crippen LogP contribution in [0.25, 0.3) is 0 Å². The van der Waals surface area contributed by atoms with Crippen molar-refractivity contribution in [2.75, 3.05) is 26.2 Å². The Morgan fingerprint density at radius 3 is 3.00 bits per heavy atom. The molecule has 18 heavy (non-hydrogen) atoms. The first-order valence-corrected chi connectivity index (χ1v) is 6.38. The fourth-order valence-corrected chi connectivity index (χ4v) is 1.98. The SMILES string of the molecule is Cc1cc(C(=O)NCCOC2CCNCC2)n[nH]1. The maximum Gasteiger partial charge on any atom is 0.271 e. The van der Waals surface area contributed by atoms with Gasteiger partial charge in [0.25, 0.3) is 5.91 Å². The van der Waals surface area contributed by atoms with Crippen molar-refractivity contribution in [3.05, 3.63) is 17.5 Å². The highest BCUT2D eigenvalue weighted by Gasteiger charge is 2.13. The first kappa shape index (κ1) is 13.0. The number of aromatic nitrogens is 2. The number of aryl methyl sites for hydroxylation is 1. The summed E-state index contributed by atoms with van der Waals surface area (Å²) in [5, 5.41) is 12.7. The van der Waals surface area contributed by atoms with E-state index in [1.807, 2.05) is 6.92 Å². The molecule has 100 valence electrons. The maximum atomic E-state index is 11.6. The average Bonchev–Trinajstić information content (AvgIpc) is 2.82. The molecule has 0 unspecified atom stereocenters. The number of hydrogen-bond donors (Lipinski definition) is 3. The monoisotopic (exact) mass is 252 g/mol. The van der Waals surface area contributed by atoms with Gasteiger partial charge in [-0.15, -0.1) is 0 Å². The quantitative estimate of drug-likeness (QED) is 0.655. The average molecular weight is 252 g/mol. The number of carbonyl (C=O) groups excluding carboxylic acids is 1. The van der Waals surface area contributed by atoms with Gasteiger partial charge in [0.2, 0.25) is 0 Å². The van der Waals surface area contributed by atoms with Crippen LogP contribution < -0.4 is 10.6 Å². The maximum absolute atomic E-state index is 11.6. The highest BCUT2D eigenvalue weighted by molar-refractivity contribution is 5.92. The van der Waals surface area contributed by atoms with E-state index in [0.717, 1.165) is 31.6 Å². The minimum atomic E-state index is -0.159. The Balaban J connectivity index is 1.61. The molecule has 1 aliphatic heterocycles. The van der Waals surface area contributed by atoms with Gasteiger partial charge in [0.1, 0.15) is 5.69 Å². The number of ether oxygens (including phenoxy) is 1. The van der Waals surface area contributed by atoms with Gasteiger partial charge in [0.05, 0.1) is 12.7 Å². The van der Waals surface area contributed by atoms with Gasteiger partial charge in [-0.25, -0.2) is 0 Å². The normalized spacial score (nSPS) is 16.7. The zero-order chi connectivity index (χ0) is 12.8. The van der Waals surface area contributed by atoms with E-state index in [0.29, 0.717) is 24.9 Å². The largest absolute Gasteiger partial charge is 0.376 e. The molecule has 2 rings (SSSR count). The van der Waals surface area contributed by atoms with Crippen LogP contribution in [0.2, 0.25) is 0 Å². The molecular formula is C12H20N4O2. The molecular weight excluding hydrogens is 232 g/mol. The van der Waals surface area contributed by atoms with Crippen molar-refractivity contribution in [3.63, 3.8) is 0 Å². The molecule has 1 aliphatic rings. The molecule has 0 radical (unpaired) electrons. The van der Waals surface area contributed by atoms with E-state index < -0.39 is 0 Å². The zero-order valence-corrected chi connectivity index (χ0v) is 10.7. The summed E-state index contributed by atoms with van der Waals surface area (Å²) in [6.45, 7) is 4.98. The molecule has 1 saturated heterocycles. The predicted octanol–water partition coefficient (Wildman–Crippen LogP) is 0.217. The summed E-state index contributed by atoms with van der Waals surface area (Å²) in [5.74, 6) is -0.159. The van der Waals surface area contributed by atoms with E-state index >= 15 is 0 Å². The number of H-pyrrole nitrogens is 1.